The van der Waals surface area contributed by atoms with Gasteiger partial charge in [-0.3, -0.25) is 14.5 Å². The summed E-state index contributed by atoms with van der Waals surface area (Å²) < 4.78 is 0. The summed E-state index contributed by atoms with van der Waals surface area (Å²) in [4.78, 5) is 40.9. The van der Waals surface area contributed by atoms with Crippen molar-refractivity contribution in [3.05, 3.63) is 35.9 Å². The van der Waals surface area contributed by atoms with Crippen LogP contribution in [0.3, 0.4) is 0 Å². The predicted molar refractivity (Wildman–Crippen MR) is 104 cm³/mol. The van der Waals surface area contributed by atoms with Gasteiger partial charge >= 0.3 is 6.03 Å². The highest BCUT2D eigenvalue weighted by molar-refractivity contribution is 6.07. The summed E-state index contributed by atoms with van der Waals surface area (Å²) in [6.07, 6.45) is 3.48. The summed E-state index contributed by atoms with van der Waals surface area (Å²) in [6, 6.07) is 9.59. The first-order valence-corrected chi connectivity index (χ1v) is 10.2. The molecule has 0 bridgehead atoms. The second kappa shape index (κ2) is 7.54. The molecular formula is C21H28N4O3. The van der Waals surface area contributed by atoms with Gasteiger partial charge in [0.25, 0.3) is 5.91 Å². The second-order valence-corrected chi connectivity index (χ2v) is 8.38. The van der Waals surface area contributed by atoms with E-state index in [9.17, 15) is 14.4 Å². The number of hydrogen-bond donors (Lipinski definition) is 2. The normalized spacial score (nSPS) is 26.4. The number of likely N-dealkylation sites (tertiary alicyclic amines) is 1. The highest BCUT2D eigenvalue weighted by Gasteiger charge is 2.56. The van der Waals surface area contributed by atoms with Gasteiger partial charge in [0.1, 0.15) is 5.54 Å². The lowest BCUT2D eigenvalue weighted by Crippen LogP contribution is -2.49. The van der Waals surface area contributed by atoms with Gasteiger partial charge in [-0.2, -0.15) is 0 Å². The van der Waals surface area contributed by atoms with Crippen molar-refractivity contribution in [2.75, 3.05) is 19.8 Å². The number of benzene rings is 1. The highest BCUT2D eigenvalue weighted by Crippen LogP contribution is 2.42. The molecular weight excluding hydrogens is 356 g/mol. The van der Waals surface area contributed by atoms with Gasteiger partial charge in [-0.25, -0.2) is 9.69 Å². The van der Waals surface area contributed by atoms with E-state index in [0.29, 0.717) is 26.3 Å². The first-order valence-electron chi connectivity index (χ1n) is 10.2. The molecule has 3 fully saturated rings. The molecule has 7 nitrogen and oxygen atoms in total. The van der Waals surface area contributed by atoms with Crippen LogP contribution in [-0.2, 0) is 16.1 Å². The Balaban J connectivity index is 1.25. The summed E-state index contributed by atoms with van der Waals surface area (Å²) >= 11 is 0. The Hall–Kier alpha value is -2.41. The van der Waals surface area contributed by atoms with Gasteiger partial charge in [-0.15, -0.1) is 0 Å². The van der Waals surface area contributed by atoms with Crippen LogP contribution in [0.2, 0.25) is 0 Å². The monoisotopic (exact) mass is 384 g/mol. The molecule has 1 aromatic rings. The lowest BCUT2D eigenvalue weighted by Gasteiger charge is -2.33. The van der Waals surface area contributed by atoms with Crippen LogP contribution in [0.1, 0.15) is 38.2 Å². The number of piperidine rings is 1. The van der Waals surface area contributed by atoms with Gasteiger partial charge in [-0.1, -0.05) is 30.3 Å². The van der Waals surface area contributed by atoms with Crippen molar-refractivity contribution in [2.24, 2.45) is 11.8 Å². The number of imide groups is 1. The van der Waals surface area contributed by atoms with E-state index in [-0.39, 0.29) is 29.7 Å². The van der Waals surface area contributed by atoms with Crippen molar-refractivity contribution in [1.29, 1.82) is 0 Å². The standard InChI is InChI=1S/C21H28N4O3/c1-21(17-7-8-17)19(27)25(20(28)23-21)14-24-11-9-16(10-12-24)18(26)22-13-15-5-3-2-4-6-15/h2-6,16-17H,7-14H2,1H3,(H,22,26)(H,23,28)/t21-/m0/s1. The fourth-order valence-electron chi connectivity index (χ4n) is 4.25. The summed E-state index contributed by atoms with van der Waals surface area (Å²) in [5.74, 6) is 0.232. The maximum Gasteiger partial charge on any atom is 0.326 e. The van der Waals surface area contributed by atoms with E-state index in [1.54, 1.807) is 0 Å². The summed E-state index contributed by atoms with van der Waals surface area (Å²) in [7, 11) is 0. The van der Waals surface area contributed by atoms with Gasteiger partial charge < -0.3 is 10.6 Å². The SMILES string of the molecule is C[C@@]1(C2CC2)NC(=O)N(CN2CCC(C(=O)NCc3ccccc3)CC2)C1=O. The Kier molecular flexibility index (Phi) is 5.10. The van der Waals surface area contributed by atoms with Crippen molar-refractivity contribution in [3.63, 3.8) is 0 Å². The Morgan fingerprint density at radius 3 is 2.46 bits per heavy atom. The van der Waals surface area contributed by atoms with Gasteiger partial charge in [0.2, 0.25) is 5.91 Å². The molecule has 0 aromatic heterocycles. The van der Waals surface area contributed by atoms with E-state index in [1.165, 1.54) is 4.90 Å². The van der Waals surface area contributed by atoms with Crippen LogP contribution >= 0.6 is 0 Å². The molecule has 1 aromatic carbocycles. The molecule has 2 heterocycles. The van der Waals surface area contributed by atoms with Crippen LogP contribution < -0.4 is 10.6 Å². The minimum absolute atomic E-state index is 0.0141. The molecule has 0 spiro atoms. The Morgan fingerprint density at radius 2 is 1.82 bits per heavy atom. The van der Waals surface area contributed by atoms with Gasteiger partial charge in [-0.05, 0) is 44.1 Å². The molecule has 4 amide bonds. The molecule has 28 heavy (non-hydrogen) atoms. The summed E-state index contributed by atoms with van der Waals surface area (Å²) in [5, 5.41) is 5.90. The van der Waals surface area contributed by atoms with Gasteiger partial charge in [0, 0.05) is 25.6 Å². The van der Waals surface area contributed by atoms with Crippen LogP contribution in [0, 0.1) is 11.8 Å². The third-order valence-electron chi connectivity index (χ3n) is 6.30. The zero-order valence-corrected chi connectivity index (χ0v) is 16.3. The number of hydrogen-bond acceptors (Lipinski definition) is 4. The van der Waals surface area contributed by atoms with Gasteiger partial charge in [0.05, 0.1) is 6.67 Å². The molecule has 150 valence electrons. The zero-order chi connectivity index (χ0) is 19.7. The second-order valence-electron chi connectivity index (χ2n) is 8.38. The van der Waals surface area contributed by atoms with Crippen LogP contribution in [0.5, 0.6) is 0 Å². The topological polar surface area (TPSA) is 81.8 Å². The van der Waals surface area contributed by atoms with Crippen molar-refractivity contribution in [3.8, 4) is 0 Å². The molecule has 2 aliphatic heterocycles. The average Bonchev–Trinajstić information content (AvgIpc) is 3.53. The van der Waals surface area contributed by atoms with Crippen LogP contribution in [0.25, 0.3) is 0 Å². The zero-order valence-electron chi connectivity index (χ0n) is 16.3. The number of carbonyl (C=O) groups excluding carboxylic acids is 3. The first kappa shape index (κ1) is 18.9. The third kappa shape index (κ3) is 3.76. The van der Waals surface area contributed by atoms with Crippen LogP contribution in [-0.4, -0.2) is 52.9 Å². The molecule has 3 aliphatic rings. The fraction of sp³-hybridized carbons (Fsp3) is 0.571. The number of carbonyl (C=O) groups is 3. The van der Waals surface area contributed by atoms with E-state index in [1.807, 2.05) is 37.3 Å². The number of amides is 4. The fourth-order valence-corrected chi connectivity index (χ4v) is 4.25. The van der Waals surface area contributed by atoms with Crippen LogP contribution in [0.4, 0.5) is 4.79 Å². The van der Waals surface area contributed by atoms with Gasteiger partial charge in [0.15, 0.2) is 0 Å². The molecule has 1 saturated carbocycles. The highest BCUT2D eigenvalue weighted by atomic mass is 16.2. The Bertz CT molecular complexity index is 756. The molecule has 2 saturated heterocycles. The van der Waals surface area contributed by atoms with Crippen LogP contribution in [0.15, 0.2) is 30.3 Å². The molecule has 2 N–H and O–H groups in total. The molecule has 0 radical (unpaired) electrons. The molecule has 7 heteroatoms. The molecule has 0 unspecified atom stereocenters. The average molecular weight is 384 g/mol. The largest absolute Gasteiger partial charge is 0.352 e. The number of rotatable bonds is 6. The van der Waals surface area contributed by atoms with Crippen molar-refractivity contribution in [2.45, 2.75) is 44.7 Å². The smallest absolute Gasteiger partial charge is 0.326 e. The van der Waals surface area contributed by atoms with Crippen molar-refractivity contribution >= 4 is 17.8 Å². The van der Waals surface area contributed by atoms with E-state index in [0.717, 1.165) is 31.2 Å². The number of nitrogens with zero attached hydrogens (tertiary/aromatic N) is 2. The third-order valence-corrected chi connectivity index (χ3v) is 6.30. The molecule has 1 atom stereocenters. The molecule has 1 aliphatic carbocycles. The van der Waals surface area contributed by atoms with E-state index in [2.05, 4.69) is 15.5 Å². The predicted octanol–water partition coefficient (Wildman–Crippen LogP) is 1.69. The molecule has 4 rings (SSSR count). The lowest BCUT2D eigenvalue weighted by atomic mass is 9.95. The Labute approximate surface area is 165 Å². The van der Waals surface area contributed by atoms with E-state index in [4.69, 9.17) is 0 Å². The van der Waals surface area contributed by atoms with Crippen molar-refractivity contribution < 1.29 is 14.4 Å². The van der Waals surface area contributed by atoms with E-state index < -0.39 is 5.54 Å². The quantitative estimate of drug-likeness (QED) is 0.732. The lowest BCUT2D eigenvalue weighted by molar-refractivity contribution is -0.134. The number of nitrogens with one attached hydrogen (secondary N) is 2. The summed E-state index contributed by atoms with van der Waals surface area (Å²) in [5.41, 5.74) is 0.359. The Morgan fingerprint density at radius 1 is 1.14 bits per heavy atom. The summed E-state index contributed by atoms with van der Waals surface area (Å²) in [6.45, 7) is 4.11. The number of urea groups is 1. The first-order chi connectivity index (χ1) is 13.5. The van der Waals surface area contributed by atoms with E-state index >= 15 is 0 Å². The maximum atomic E-state index is 12.7. The minimum atomic E-state index is -0.729. The van der Waals surface area contributed by atoms with Crippen molar-refractivity contribution in [1.82, 2.24) is 20.4 Å². The minimum Gasteiger partial charge on any atom is -0.352 e. The maximum absolute atomic E-state index is 12.7.